The van der Waals surface area contributed by atoms with Crippen LogP contribution in [0.3, 0.4) is 0 Å². The van der Waals surface area contributed by atoms with Crippen molar-refractivity contribution in [2.75, 3.05) is 0 Å². The van der Waals surface area contributed by atoms with Crippen molar-refractivity contribution in [2.24, 2.45) is 0 Å². The lowest BCUT2D eigenvalue weighted by Crippen LogP contribution is -2.00. The zero-order valence-electron chi connectivity index (χ0n) is 31.0. The predicted octanol–water partition coefficient (Wildman–Crippen LogP) is 13.8. The summed E-state index contributed by atoms with van der Waals surface area (Å²) in [5.41, 5.74) is 15.9. The maximum atomic E-state index is 5.03. The second kappa shape index (κ2) is 14.9. The molecular formula is C52H41N3. The van der Waals surface area contributed by atoms with Crippen LogP contribution in [0.15, 0.2) is 170 Å². The van der Waals surface area contributed by atoms with Crippen molar-refractivity contribution in [3.63, 3.8) is 0 Å². The SMILES string of the molecule is C=Cc1c2c(n(-c3cccc(-c4ccc5ccc(-c6ccc(-c7nc(-c8ccccc8)cc(-c8ccccc8)n7)cc6)cc5c4)c3)c1/C=C\C)C=CCCC2. The highest BCUT2D eigenvalue weighted by atomic mass is 15.0. The molecule has 0 aliphatic heterocycles. The molecule has 55 heavy (non-hydrogen) atoms. The number of benzene rings is 6. The molecule has 264 valence electrons. The zero-order chi connectivity index (χ0) is 37.1. The van der Waals surface area contributed by atoms with Crippen LogP contribution in [-0.2, 0) is 6.42 Å². The first kappa shape index (κ1) is 34.0. The molecule has 3 nitrogen and oxygen atoms in total. The van der Waals surface area contributed by atoms with E-state index in [-0.39, 0.29) is 0 Å². The number of hydrogen-bond acceptors (Lipinski definition) is 2. The van der Waals surface area contributed by atoms with Crippen molar-refractivity contribution in [2.45, 2.75) is 26.2 Å². The van der Waals surface area contributed by atoms with Gasteiger partial charge < -0.3 is 4.57 Å². The average molecular weight is 708 g/mol. The molecule has 0 saturated heterocycles. The fourth-order valence-electron chi connectivity index (χ4n) is 7.87. The second-order valence-corrected chi connectivity index (χ2v) is 14.1. The van der Waals surface area contributed by atoms with E-state index in [1.165, 1.54) is 50.0 Å². The Hall–Kier alpha value is -6.84. The van der Waals surface area contributed by atoms with Gasteiger partial charge in [0.2, 0.25) is 0 Å². The summed E-state index contributed by atoms with van der Waals surface area (Å²) in [7, 11) is 0. The molecule has 0 radical (unpaired) electrons. The lowest BCUT2D eigenvalue weighted by molar-refractivity contribution is 0.850. The van der Waals surface area contributed by atoms with E-state index >= 15 is 0 Å². The molecule has 0 spiro atoms. The van der Waals surface area contributed by atoms with Crippen molar-refractivity contribution in [1.82, 2.24) is 14.5 Å². The Bertz CT molecular complexity index is 2670. The van der Waals surface area contributed by atoms with Gasteiger partial charge in [-0.2, -0.15) is 0 Å². The van der Waals surface area contributed by atoms with Crippen LogP contribution in [0.5, 0.6) is 0 Å². The molecule has 0 N–H and O–H groups in total. The first-order chi connectivity index (χ1) is 27.2. The van der Waals surface area contributed by atoms with Gasteiger partial charge in [-0.15, -0.1) is 0 Å². The van der Waals surface area contributed by atoms with Crippen LogP contribution in [0.25, 0.3) is 90.8 Å². The van der Waals surface area contributed by atoms with Crippen molar-refractivity contribution < 1.29 is 0 Å². The van der Waals surface area contributed by atoms with E-state index in [4.69, 9.17) is 9.97 Å². The Morgan fingerprint density at radius 1 is 0.582 bits per heavy atom. The number of nitrogens with zero attached hydrogens (tertiary/aromatic N) is 3. The van der Waals surface area contributed by atoms with E-state index in [1.54, 1.807) is 0 Å². The van der Waals surface area contributed by atoms with Crippen LogP contribution < -0.4 is 0 Å². The number of fused-ring (bicyclic) bond motifs is 2. The zero-order valence-corrected chi connectivity index (χ0v) is 31.0. The normalized spacial score (nSPS) is 12.5. The van der Waals surface area contributed by atoms with Crippen molar-refractivity contribution in [3.8, 4) is 61.8 Å². The molecule has 2 aromatic heterocycles. The third-order valence-corrected chi connectivity index (χ3v) is 10.6. The number of rotatable bonds is 8. The van der Waals surface area contributed by atoms with Crippen molar-refractivity contribution in [1.29, 1.82) is 0 Å². The largest absolute Gasteiger partial charge is 0.310 e. The first-order valence-corrected chi connectivity index (χ1v) is 19.1. The van der Waals surface area contributed by atoms with Gasteiger partial charge in [0.05, 0.1) is 17.1 Å². The predicted molar refractivity (Wildman–Crippen MR) is 233 cm³/mol. The third-order valence-electron chi connectivity index (χ3n) is 10.6. The molecule has 1 aliphatic carbocycles. The second-order valence-electron chi connectivity index (χ2n) is 14.1. The smallest absolute Gasteiger partial charge is 0.160 e. The van der Waals surface area contributed by atoms with Crippen LogP contribution in [0.4, 0.5) is 0 Å². The fraction of sp³-hybridized carbons (Fsp3) is 0.0769. The van der Waals surface area contributed by atoms with Gasteiger partial charge in [0.1, 0.15) is 0 Å². The average Bonchev–Trinajstić information content (AvgIpc) is 3.35. The van der Waals surface area contributed by atoms with Gasteiger partial charge >= 0.3 is 0 Å². The maximum Gasteiger partial charge on any atom is 0.160 e. The quantitative estimate of drug-likeness (QED) is 0.157. The monoisotopic (exact) mass is 707 g/mol. The van der Waals surface area contributed by atoms with Gasteiger partial charge in [0.25, 0.3) is 0 Å². The minimum atomic E-state index is 0.711. The molecule has 6 aromatic carbocycles. The Kier molecular flexibility index (Phi) is 9.19. The Morgan fingerprint density at radius 3 is 1.84 bits per heavy atom. The summed E-state index contributed by atoms with van der Waals surface area (Å²) in [6.07, 6.45) is 14.3. The molecular weight excluding hydrogens is 667 g/mol. The van der Waals surface area contributed by atoms with Crippen LogP contribution in [0.1, 0.15) is 42.3 Å². The topological polar surface area (TPSA) is 30.7 Å². The van der Waals surface area contributed by atoms with Crippen molar-refractivity contribution >= 4 is 29.0 Å². The highest BCUT2D eigenvalue weighted by molar-refractivity contribution is 5.91. The van der Waals surface area contributed by atoms with Crippen molar-refractivity contribution in [3.05, 3.63) is 193 Å². The lowest BCUT2D eigenvalue weighted by atomic mass is 9.97. The minimum Gasteiger partial charge on any atom is -0.310 e. The van der Waals surface area contributed by atoms with Gasteiger partial charge in [0.15, 0.2) is 5.82 Å². The highest BCUT2D eigenvalue weighted by Gasteiger charge is 2.20. The molecule has 0 bridgehead atoms. The van der Waals surface area contributed by atoms with Gasteiger partial charge in [-0.1, -0.05) is 146 Å². The Labute approximate surface area is 323 Å². The summed E-state index contributed by atoms with van der Waals surface area (Å²) < 4.78 is 2.41. The summed E-state index contributed by atoms with van der Waals surface area (Å²) in [5.74, 6) is 0.711. The van der Waals surface area contributed by atoms with Gasteiger partial charge in [-0.05, 0) is 107 Å². The van der Waals surface area contributed by atoms with E-state index in [1.807, 2.05) is 42.5 Å². The molecule has 0 saturated carbocycles. The molecule has 1 aliphatic rings. The minimum absolute atomic E-state index is 0.711. The molecule has 2 heterocycles. The molecule has 0 atom stereocenters. The fourth-order valence-corrected chi connectivity index (χ4v) is 7.87. The summed E-state index contributed by atoms with van der Waals surface area (Å²) in [4.78, 5) is 10.1. The van der Waals surface area contributed by atoms with Crippen LogP contribution in [0.2, 0.25) is 0 Å². The van der Waals surface area contributed by atoms with Gasteiger partial charge in [-0.25, -0.2) is 9.97 Å². The standard InChI is InChI=1S/C52H41N3/c1-3-15-50-46(4-2)47-22-12-7-13-23-51(47)55(50)45-21-14-20-41(34-45)43-31-27-37-26-30-42(32-44(37)33-43)36-24-28-40(29-25-36)52-53-48(38-16-8-5-9-17-38)35-49(54-52)39-18-10-6-11-19-39/h3-6,8-11,13-21,23-35H,2,7,12,22H2,1H3/b15-3-. The number of aromatic nitrogens is 3. The van der Waals surface area contributed by atoms with Gasteiger partial charge in [0, 0.05) is 33.6 Å². The molecule has 8 aromatic rings. The summed E-state index contributed by atoms with van der Waals surface area (Å²) in [6, 6.07) is 53.8. The molecule has 0 fully saturated rings. The Morgan fingerprint density at radius 2 is 1.18 bits per heavy atom. The van der Waals surface area contributed by atoms with Crippen LogP contribution >= 0.6 is 0 Å². The number of allylic oxidation sites excluding steroid dienone is 2. The summed E-state index contributed by atoms with van der Waals surface area (Å²) >= 11 is 0. The van der Waals surface area contributed by atoms with E-state index in [2.05, 4.69) is 158 Å². The summed E-state index contributed by atoms with van der Waals surface area (Å²) in [6.45, 7) is 6.29. The van der Waals surface area contributed by atoms with Crippen LogP contribution in [-0.4, -0.2) is 14.5 Å². The molecule has 0 unspecified atom stereocenters. The molecule has 9 rings (SSSR count). The van der Waals surface area contributed by atoms with E-state index in [9.17, 15) is 0 Å². The van der Waals surface area contributed by atoms with E-state index < -0.39 is 0 Å². The first-order valence-electron chi connectivity index (χ1n) is 19.1. The molecule has 3 heteroatoms. The van der Waals surface area contributed by atoms with Crippen LogP contribution in [0, 0.1) is 0 Å². The number of hydrogen-bond donors (Lipinski definition) is 0. The highest BCUT2D eigenvalue weighted by Crippen LogP contribution is 2.36. The lowest BCUT2D eigenvalue weighted by Gasteiger charge is -2.13. The van der Waals surface area contributed by atoms with E-state index in [0.717, 1.165) is 58.6 Å². The third kappa shape index (κ3) is 6.66. The van der Waals surface area contributed by atoms with Gasteiger partial charge in [-0.3, -0.25) is 0 Å². The van der Waals surface area contributed by atoms with E-state index in [0.29, 0.717) is 5.82 Å². The Balaban J connectivity index is 1.05. The summed E-state index contributed by atoms with van der Waals surface area (Å²) in [5, 5.41) is 2.42. The molecule has 0 amide bonds. The maximum absolute atomic E-state index is 5.03.